The number of ether oxygens (including phenoxy) is 1. The number of amides is 1. The van der Waals surface area contributed by atoms with E-state index in [-0.39, 0.29) is 29.9 Å². The van der Waals surface area contributed by atoms with Crippen LogP contribution in [-0.2, 0) is 9.53 Å². The number of halogens is 1. The Labute approximate surface area is 164 Å². The van der Waals surface area contributed by atoms with E-state index in [4.69, 9.17) is 4.74 Å². The molecule has 0 aromatic heterocycles. The molecule has 7 heteroatoms. The number of hydrogen-bond acceptors (Lipinski definition) is 3. The fourth-order valence-electron chi connectivity index (χ4n) is 2.52. The molecule has 1 atom stereocenters. The van der Waals surface area contributed by atoms with Gasteiger partial charge in [-0.25, -0.2) is 0 Å². The van der Waals surface area contributed by atoms with Gasteiger partial charge in [-0.2, -0.15) is 0 Å². The zero-order chi connectivity index (χ0) is 17.1. The highest BCUT2D eigenvalue weighted by Gasteiger charge is 2.25. The topological polar surface area (TPSA) is 66.0 Å². The second-order valence-electron chi connectivity index (χ2n) is 6.41. The zero-order valence-electron chi connectivity index (χ0n) is 15.6. The van der Waals surface area contributed by atoms with Gasteiger partial charge >= 0.3 is 0 Å². The monoisotopic (exact) mass is 454 g/mol. The van der Waals surface area contributed by atoms with E-state index >= 15 is 0 Å². The highest BCUT2D eigenvalue weighted by Crippen LogP contribution is 2.10. The van der Waals surface area contributed by atoms with Crippen LogP contribution in [0.25, 0.3) is 0 Å². The molecule has 6 nitrogen and oxygen atoms in total. The van der Waals surface area contributed by atoms with Crippen molar-refractivity contribution in [1.29, 1.82) is 0 Å². The first-order valence-corrected chi connectivity index (χ1v) is 8.97. The van der Waals surface area contributed by atoms with Crippen molar-refractivity contribution in [1.82, 2.24) is 15.5 Å². The summed E-state index contributed by atoms with van der Waals surface area (Å²) < 4.78 is 5.57. The van der Waals surface area contributed by atoms with Gasteiger partial charge in [0, 0.05) is 51.9 Å². The molecule has 2 N–H and O–H groups in total. The molecule has 0 bridgehead atoms. The fourth-order valence-corrected chi connectivity index (χ4v) is 2.52. The molecular formula is C17H35IN4O2. The van der Waals surface area contributed by atoms with E-state index < -0.39 is 0 Å². The predicted molar refractivity (Wildman–Crippen MR) is 110 cm³/mol. The van der Waals surface area contributed by atoms with Crippen LogP contribution in [0.15, 0.2) is 4.99 Å². The number of nitrogens with zero attached hydrogens (tertiary/aromatic N) is 2. The minimum Gasteiger partial charge on any atom is -0.381 e. The van der Waals surface area contributed by atoms with E-state index in [1.54, 1.807) is 0 Å². The van der Waals surface area contributed by atoms with E-state index in [9.17, 15) is 4.79 Å². The lowest BCUT2D eigenvalue weighted by molar-refractivity contribution is -0.129. The molecule has 24 heavy (non-hydrogen) atoms. The van der Waals surface area contributed by atoms with Crippen LogP contribution in [0.2, 0.25) is 0 Å². The van der Waals surface area contributed by atoms with Crippen molar-refractivity contribution in [2.75, 3.05) is 39.4 Å². The van der Waals surface area contributed by atoms with Crippen molar-refractivity contribution in [2.45, 2.75) is 53.0 Å². The van der Waals surface area contributed by atoms with Gasteiger partial charge in [-0.1, -0.05) is 20.8 Å². The molecule has 1 amide bonds. The molecule has 0 aliphatic carbocycles. The van der Waals surface area contributed by atoms with Crippen molar-refractivity contribution >= 4 is 35.8 Å². The summed E-state index contributed by atoms with van der Waals surface area (Å²) in [6.07, 6.45) is 2.49. The number of guanidine groups is 1. The van der Waals surface area contributed by atoms with Crippen LogP contribution >= 0.6 is 24.0 Å². The Bertz CT molecular complexity index is 378. The van der Waals surface area contributed by atoms with Gasteiger partial charge in [0.15, 0.2) is 5.96 Å². The van der Waals surface area contributed by atoms with Gasteiger partial charge in [-0.3, -0.25) is 9.79 Å². The molecule has 1 fully saturated rings. The quantitative estimate of drug-likeness (QED) is 0.243. The van der Waals surface area contributed by atoms with Crippen molar-refractivity contribution in [3.8, 4) is 0 Å². The zero-order valence-corrected chi connectivity index (χ0v) is 18.0. The minimum atomic E-state index is 0. The van der Waals surface area contributed by atoms with E-state index in [1.165, 1.54) is 0 Å². The Morgan fingerprint density at radius 2 is 2.12 bits per heavy atom. The highest BCUT2D eigenvalue weighted by atomic mass is 127. The van der Waals surface area contributed by atoms with Gasteiger partial charge in [-0.15, -0.1) is 24.0 Å². The average molecular weight is 454 g/mol. The van der Waals surface area contributed by atoms with Crippen LogP contribution in [0.3, 0.4) is 0 Å². The number of carbonyl (C=O) groups excluding carboxylic acids is 1. The van der Waals surface area contributed by atoms with Crippen LogP contribution in [0, 0.1) is 5.92 Å². The number of likely N-dealkylation sites (tertiary alicyclic amines) is 1. The molecule has 1 heterocycles. The van der Waals surface area contributed by atoms with Gasteiger partial charge < -0.3 is 20.3 Å². The molecule has 0 saturated carbocycles. The number of carbonyl (C=O) groups is 1. The van der Waals surface area contributed by atoms with Crippen molar-refractivity contribution < 1.29 is 9.53 Å². The molecule has 1 aliphatic rings. The van der Waals surface area contributed by atoms with Crippen LogP contribution < -0.4 is 10.6 Å². The fraction of sp³-hybridized carbons (Fsp3) is 0.882. The summed E-state index contributed by atoms with van der Waals surface area (Å²) in [5.74, 6) is 1.65. The lowest BCUT2D eigenvalue weighted by Gasteiger charge is -2.18. The molecule has 0 spiro atoms. The predicted octanol–water partition coefficient (Wildman–Crippen LogP) is 2.23. The Kier molecular flexibility index (Phi) is 13.4. The van der Waals surface area contributed by atoms with Crippen molar-refractivity contribution in [3.63, 3.8) is 0 Å². The first kappa shape index (κ1) is 23.4. The van der Waals surface area contributed by atoms with Crippen LogP contribution in [-0.4, -0.2) is 62.2 Å². The Balaban J connectivity index is 0.00000529. The Hall–Kier alpha value is -0.570. The largest absolute Gasteiger partial charge is 0.381 e. The Morgan fingerprint density at radius 3 is 2.75 bits per heavy atom. The maximum Gasteiger partial charge on any atom is 0.222 e. The van der Waals surface area contributed by atoms with Crippen molar-refractivity contribution in [2.24, 2.45) is 10.9 Å². The van der Waals surface area contributed by atoms with Gasteiger partial charge in [-0.05, 0) is 25.7 Å². The third-order valence-corrected chi connectivity index (χ3v) is 3.70. The van der Waals surface area contributed by atoms with Gasteiger partial charge in [0.05, 0.1) is 0 Å². The first-order chi connectivity index (χ1) is 11.1. The lowest BCUT2D eigenvalue weighted by Crippen LogP contribution is -2.45. The van der Waals surface area contributed by atoms with Gasteiger partial charge in [0.25, 0.3) is 0 Å². The highest BCUT2D eigenvalue weighted by molar-refractivity contribution is 14.0. The summed E-state index contributed by atoms with van der Waals surface area (Å²) in [6.45, 7) is 13.0. The molecule has 1 aliphatic heterocycles. The summed E-state index contributed by atoms with van der Waals surface area (Å²) in [6, 6.07) is 0.292. The van der Waals surface area contributed by atoms with Crippen molar-refractivity contribution in [3.05, 3.63) is 0 Å². The smallest absolute Gasteiger partial charge is 0.222 e. The van der Waals surface area contributed by atoms with E-state index in [0.29, 0.717) is 18.4 Å². The second-order valence-corrected chi connectivity index (χ2v) is 6.41. The third-order valence-electron chi connectivity index (χ3n) is 3.70. The molecule has 0 aromatic rings. The van der Waals surface area contributed by atoms with Crippen LogP contribution in [0.5, 0.6) is 0 Å². The normalized spacial score (nSPS) is 17.8. The first-order valence-electron chi connectivity index (χ1n) is 8.97. The maximum absolute atomic E-state index is 11.7. The summed E-state index contributed by atoms with van der Waals surface area (Å²) in [5, 5.41) is 6.71. The molecular weight excluding hydrogens is 419 g/mol. The number of aliphatic imine (C=N–C) groups is 1. The average Bonchev–Trinajstić information content (AvgIpc) is 2.98. The lowest BCUT2D eigenvalue weighted by atomic mass is 10.2. The van der Waals surface area contributed by atoms with E-state index in [1.807, 2.05) is 11.8 Å². The SMILES string of the molecule is CCNC(=NCCCOCC(C)C)NC1CCN(C(=O)CC)C1.I. The van der Waals surface area contributed by atoms with E-state index in [2.05, 4.69) is 36.4 Å². The molecule has 1 unspecified atom stereocenters. The standard InChI is InChI=1S/C17H34N4O2.HI/c1-5-16(22)21-10-8-15(12-21)20-17(18-6-2)19-9-7-11-23-13-14(3)4;/h14-15H,5-13H2,1-4H3,(H2,18,19,20);1H. The second kappa shape index (κ2) is 13.7. The summed E-state index contributed by atoms with van der Waals surface area (Å²) in [7, 11) is 0. The minimum absolute atomic E-state index is 0. The summed E-state index contributed by atoms with van der Waals surface area (Å²) in [5.41, 5.74) is 0. The van der Waals surface area contributed by atoms with Gasteiger partial charge in [0.2, 0.25) is 5.91 Å². The van der Waals surface area contributed by atoms with E-state index in [0.717, 1.165) is 58.2 Å². The molecule has 142 valence electrons. The molecule has 0 aromatic carbocycles. The maximum atomic E-state index is 11.7. The summed E-state index contributed by atoms with van der Waals surface area (Å²) >= 11 is 0. The number of rotatable bonds is 9. The number of nitrogens with one attached hydrogen (secondary N) is 2. The van der Waals surface area contributed by atoms with Crippen LogP contribution in [0.4, 0.5) is 0 Å². The van der Waals surface area contributed by atoms with Gasteiger partial charge in [0.1, 0.15) is 0 Å². The molecule has 1 saturated heterocycles. The molecule has 0 radical (unpaired) electrons. The summed E-state index contributed by atoms with van der Waals surface area (Å²) in [4.78, 5) is 18.3. The Morgan fingerprint density at radius 1 is 1.38 bits per heavy atom. The third kappa shape index (κ3) is 9.66. The van der Waals surface area contributed by atoms with Crippen LogP contribution in [0.1, 0.15) is 47.0 Å². The number of hydrogen-bond donors (Lipinski definition) is 2. The molecule has 1 rings (SSSR count).